The van der Waals surface area contributed by atoms with Gasteiger partial charge in [-0.25, -0.2) is 12.1 Å². The van der Waals surface area contributed by atoms with Crippen LogP contribution in [0, 0.1) is 0 Å². The second-order valence-corrected chi connectivity index (χ2v) is 6.05. The number of nitrogens with two attached hydrogens (primary N) is 1. The number of nitrogens with one attached hydrogen (secondary N) is 2. The topological polar surface area (TPSA) is 84.2 Å². The molecular formula is C22H25FeN3O2-6. The van der Waals surface area contributed by atoms with Crippen LogP contribution in [0.25, 0.3) is 0 Å². The van der Waals surface area contributed by atoms with Crippen LogP contribution in [-0.2, 0) is 39.6 Å². The summed E-state index contributed by atoms with van der Waals surface area (Å²) in [7, 11) is 0. The summed E-state index contributed by atoms with van der Waals surface area (Å²) in [5.74, 6) is -0.561. The maximum Gasteiger partial charge on any atom is 0.238 e. The second kappa shape index (κ2) is 13.5. The molecule has 4 N–H and O–H groups in total. The Balaban J connectivity index is 0.000000567. The minimum Gasteiger partial charge on any atom is -0.748 e. The molecule has 1 atom stereocenters. The van der Waals surface area contributed by atoms with Crippen LogP contribution in [-0.4, -0.2) is 24.4 Å². The molecule has 0 aliphatic carbocycles. The number of carbonyl (C=O) groups excluding carboxylic acids is 2. The summed E-state index contributed by atoms with van der Waals surface area (Å²) in [4.78, 5) is 23.5. The zero-order valence-corrected chi connectivity index (χ0v) is 16.6. The van der Waals surface area contributed by atoms with Gasteiger partial charge in [0.15, 0.2) is 0 Å². The van der Waals surface area contributed by atoms with E-state index in [0.29, 0.717) is 13.0 Å². The molecule has 5 nitrogen and oxygen atoms in total. The Bertz CT molecular complexity index is 754. The van der Waals surface area contributed by atoms with Crippen molar-refractivity contribution in [2.45, 2.75) is 19.0 Å². The van der Waals surface area contributed by atoms with Crippen LogP contribution in [0.4, 0.5) is 0 Å². The molecule has 3 aromatic carbocycles. The predicted molar refractivity (Wildman–Crippen MR) is 107 cm³/mol. The normalized spacial score (nSPS) is 10.6. The molecule has 2 amide bonds. The van der Waals surface area contributed by atoms with E-state index >= 15 is 0 Å². The van der Waals surface area contributed by atoms with E-state index in [-0.39, 0.29) is 35.4 Å². The van der Waals surface area contributed by atoms with Crippen molar-refractivity contribution in [3.05, 3.63) is 96.1 Å². The van der Waals surface area contributed by atoms with E-state index in [1.54, 1.807) is 0 Å². The van der Waals surface area contributed by atoms with Crippen LogP contribution in [0.1, 0.15) is 11.1 Å². The van der Waals surface area contributed by atoms with Crippen LogP contribution in [0.15, 0.2) is 84.9 Å². The van der Waals surface area contributed by atoms with Crippen LogP contribution >= 0.6 is 0 Å². The van der Waals surface area contributed by atoms with Crippen molar-refractivity contribution in [1.82, 2.24) is 10.6 Å². The van der Waals surface area contributed by atoms with Gasteiger partial charge in [0.25, 0.3) is 0 Å². The van der Waals surface area contributed by atoms with Crippen molar-refractivity contribution in [3.8, 4) is 0 Å². The van der Waals surface area contributed by atoms with E-state index in [1.807, 2.05) is 84.9 Å². The van der Waals surface area contributed by atoms with E-state index in [2.05, 4.69) is 10.6 Å². The van der Waals surface area contributed by atoms with Gasteiger partial charge in [-0.05, 0) is 18.5 Å². The first-order chi connectivity index (χ1) is 13.1. The third kappa shape index (κ3) is 9.33. The quantitative estimate of drug-likeness (QED) is 0.405. The van der Waals surface area contributed by atoms with Crippen LogP contribution in [0.3, 0.4) is 0 Å². The Kier molecular flexibility index (Phi) is 11.3. The maximum absolute atomic E-state index is 11.9. The zero-order chi connectivity index (χ0) is 19.3. The van der Waals surface area contributed by atoms with Crippen LogP contribution in [0.5, 0.6) is 0 Å². The fourth-order valence-electron chi connectivity index (χ4n) is 2.37. The number of rotatable bonds is 7. The first kappa shape index (κ1) is 23.4. The summed E-state index contributed by atoms with van der Waals surface area (Å²) < 4.78 is 0. The van der Waals surface area contributed by atoms with Crippen molar-refractivity contribution in [2.24, 2.45) is 5.73 Å². The Hall–Kier alpha value is -2.66. The Morgan fingerprint density at radius 1 is 0.929 bits per heavy atom. The summed E-state index contributed by atoms with van der Waals surface area (Å²) in [5.41, 5.74) is 7.86. The average Bonchev–Trinajstić information content (AvgIpc) is 3.41. The average molecular weight is 419 g/mol. The Morgan fingerprint density at radius 2 is 1.50 bits per heavy atom. The molecule has 0 bridgehead atoms. The molecule has 0 spiro atoms. The summed E-state index contributed by atoms with van der Waals surface area (Å²) >= 11 is 0. The molecular weight excluding hydrogens is 394 g/mol. The molecule has 28 heavy (non-hydrogen) atoms. The molecule has 0 aromatic heterocycles. The molecule has 0 saturated heterocycles. The van der Waals surface area contributed by atoms with Gasteiger partial charge in [0.05, 0.1) is 12.6 Å². The van der Waals surface area contributed by atoms with E-state index < -0.39 is 6.04 Å². The predicted octanol–water partition coefficient (Wildman–Crippen LogP) is 2.11. The smallest absolute Gasteiger partial charge is 0.238 e. The third-order valence-electron chi connectivity index (χ3n) is 3.84. The summed E-state index contributed by atoms with van der Waals surface area (Å²) in [5, 5.41) is 5.29. The zero-order valence-electron chi connectivity index (χ0n) is 15.5. The monoisotopic (exact) mass is 419 g/mol. The molecule has 0 radical (unpaired) electrons. The second-order valence-electron chi connectivity index (χ2n) is 6.05. The molecule has 3 aromatic rings. The van der Waals surface area contributed by atoms with Gasteiger partial charge in [0.1, 0.15) is 0 Å². The van der Waals surface area contributed by atoms with Gasteiger partial charge in [-0.15, -0.1) is 5.56 Å². The van der Waals surface area contributed by atoms with Crippen LogP contribution in [0.2, 0.25) is 0 Å². The number of hydrogen-bond donors (Lipinski definition) is 3. The molecule has 154 valence electrons. The van der Waals surface area contributed by atoms with Gasteiger partial charge >= 0.3 is 0 Å². The summed E-state index contributed by atoms with van der Waals surface area (Å²) in [6, 6.07) is 26.5. The SMILES string of the molecule is NC(Cc1ccccc1)C(=O)NCC(=O)NC[c-]1cccc1.[Fe].[cH-]1[cH-][cH-][cH-][cH-]1. The van der Waals surface area contributed by atoms with E-state index in [4.69, 9.17) is 5.73 Å². The number of benzene rings is 1. The third-order valence-corrected chi connectivity index (χ3v) is 3.84. The van der Waals surface area contributed by atoms with E-state index in [1.165, 1.54) is 0 Å². The number of carbonyl (C=O) groups is 2. The first-order valence-electron chi connectivity index (χ1n) is 8.86. The minimum atomic E-state index is -0.662. The fourth-order valence-corrected chi connectivity index (χ4v) is 2.37. The number of hydrogen-bond acceptors (Lipinski definition) is 3. The standard InChI is InChI=1S/C17H20N3O2.C5H5.Fe/c18-15(10-13-6-2-1-3-7-13)17(22)20-12-16(21)19-11-14-8-4-5-9-14;1-2-4-5-3-1;/h1-9,15H,10-12,18H2,(H,19,21)(H,20,22);1-5H;/q-1;-5;. The van der Waals surface area contributed by atoms with Crippen molar-refractivity contribution in [2.75, 3.05) is 6.54 Å². The summed E-state index contributed by atoms with van der Waals surface area (Å²) in [6.45, 7) is 0.389. The minimum absolute atomic E-state index is 0. The van der Waals surface area contributed by atoms with Gasteiger partial charge in [-0.3, -0.25) is 9.59 Å². The van der Waals surface area contributed by atoms with Crippen molar-refractivity contribution in [3.63, 3.8) is 0 Å². The molecule has 0 saturated carbocycles. The summed E-state index contributed by atoms with van der Waals surface area (Å²) in [6.07, 6.45) is 0.446. The molecule has 0 aliphatic rings. The molecule has 0 heterocycles. The van der Waals surface area contributed by atoms with E-state index in [9.17, 15) is 9.59 Å². The molecule has 3 rings (SSSR count). The Labute approximate surface area is 176 Å². The van der Waals surface area contributed by atoms with Crippen molar-refractivity contribution in [1.29, 1.82) is 0 Å². The van der Waals surface area contributed by atoms with Gasteiger partial charge in [0, 0.05) is 17.1 Å². The molecule has 0 aliphatic heterocycles. The van der Waals surface area contributed by atoms with Gasteiger partial charge in [-0.1, -0.05) is 30.3 Å². The largest absolute Gasteiger partial charge is 0.748 e. The van der Waals surface area contributed by atoms with Gasteiger partial charge < -0.3 is 46.7 Å². The molecule has 1 unspecified atom stereocenters. The number of amides is 2. The van der Waals surface area contributed by atoms with Gasteiger partial charge in [0.2, 0.25) is 11.8 Å². The molecule has 0 fully saturated rings. The first-order valence-corrected chi connectivity index (χ1v) is 8.86. The maximum atomic E-state index is 11.9. The Morgan fingerprint density at radius 3 is 2.07 bits per heavy atom. The van der Waals surface area contributed by atoms with E-state index in [0.717, 1.165) is 11.1 Å². The van der Waals surface area contributed by atoms with Gasteiger partial charge in [-0.2, -0.15) is 12.1 Å². The fraction of sp³-hybridized carbons (Fsp3) is 0.182. The van der Waals surface area contributed by atoms with Crippen LogP contribution < -0.4 is 16.4 Å². The molecule has 6 heteroatoms. The van der Waals surface area contributed by atoms with Crippen molar-refractivity contribution >= 4 is 11.8 Å². The van der Waals surface area contributed by atoms with Crippen molar-refractivity contribution < 1.29 is 26.7 Å².